The standard InChI is InChI=1S/C14H20N4/c1-18(10-11-5-3-2-4-6-11)14-12(8-15)7-13(16)9-17-14/h7,9,11H,2-6,10,16H2,1H3. The van der Waals surface area contributed by atoms with Crippen molar-refractivity contribution >= 4 is 11.5 Å². The van der Waals surface area contributed by atoms with Crippen molar-refractivity contribution in [3.05, 3.63) is 17.8 Å². The molecule has 0 aromatic carbocycles. The largest absolute Gasteiger partial charge is 0.397 e. The Hall–Kier alpha value is -1.76. The average molecular weight is 244 g/mol. The van der Waals surface area contributed by atoms with Crippen molar-refractivity contribution in [2.24, 2.45) is 5.92 Å². The van der Waals surface area contributed by atoms with E-state index in [1.165, 1.54) is 32.1 Å². The Morgan fingerprint density at radius 3 is 2.83 bits per heavy atom. The lowest BCUT2D eigenvalue weighted by molar-refractivity contribution is 0.361. The molecule has 0 unspecified atom stereocenters. The summed E-state index contributed by atoms with van der Waals surface area (Å²) in [5.74, 6) is 1.48. The lowest BCUT2D eigenvalue weighted by atomic mass is 9.89. The number of pyridine rings is 1. The van der Waals surface area contributed by atoms with Gasteiger partial charge in [0.05, 0.1) is 17.4 Å². The number of hydrogen-bond donors (Lipinski definition) is 1. The van der Waals surface area contributed by atoms with Gasteiger partial charge in [0, 0.05) is 13.6 Å². The maximum Gasteiger partial charge on any atom is 0.146 e. The Balaban J connectivity index is 2.08. The van der Waals surface area contributed by atoms with Crippen LogP contribution in [0.3, 0.4) is 0 Å². The molecular formula is C14H20N4. The second-order valence-corrected chi connectivity index (χ2v) is 5.14. The smallest absolute Gasteiger partial charge is 0.146 e. The Bertz CT molecular complexity index is 444. The molecule has 96 valence electrons. The van der Waals surface area contributed by atoms with E-state index in [4.69, 9.17) is 11.0 Å². The number of hydrogen-bond acceptors (Lipinski definition) is 4. The van der Waals surface area contributed by atoms with Crippen LogP contribution in [0.5, 0.6) is 0 Å². The second-order valence-electron chi connectivity index (χ2n) is 5.14. The zero-order chi connectivity index (χ0) is 13.0. The van der Waals surface area contributed by atoms with Crippen LogP contribution >= 0.6 is 0 Å². The van der Waals surface area contributed by atoms with E-state index in [-0.39, 0.29) is 0 Å². The zero-order valence-corrected chi connectivity index (χ0v) is 10.9. The third-order valence-corrected chi connectivity index (χ3v) is 3.63. The van der Waals surface area contributed by atoms with Crippen molar-refractivity contribution in [1.82, 2.24) is 4.98 Å². The van der Waals surface area contributed by atoms with Gasteiger partial charge in [-0.25, -0.2) is 4.98 Å². The van der Waals surface area contributed by atoms with Gasteiger partial charge >= 0.3 is 0 Å². The molecule has 1 aliphatic rings. The fourth-order valence-corrected chi connectivity index (χ4v) is 2.70. The summed E-state index contributed by atoms with van der Waals surface area (Å²) in [7, 11) is 2.01. The number of nitrogen functional groups attached to an aromatic ring is 1. The van der Waals surface area contributed by atoms with Crippen molar-refractivity contribution in [3.8, 4) is 6.07 Å². The fourth-order valence-electron chi connectivity index (χ4n) is 2.70. The van der Waals surface area contributed by atoms with Crippen LogP contribution in [0.1, 0.15) is 37.7 Å². The van der Waals surface area contributed by atoms with Gasteiger partial charge in [0.25, 0.3) is 0 Å². The van der Waals surface area contributed by atoms with Crippen molar-refractivity contribution < 1.29 is 0 Å². The van der Waals surface area contributed by atoms with Gasteiger partial charge in [0.15, 0.2) is 0 Å². The maximum absolute atomic E-state index is 9.13. The van der Waals surface area contributed by atoms with Crippen molar-refractivity contribution in [2.45, 2.75) is 32.1 Å². The number of nitrogens with two attached hydrogens (primary N) is 1. The van der Waals surface area contributed by atoms with Crippen LogP contribution in [0.4, 0.5) is 11.5 Å². The highest BCUT2D eigenvalue weighted by atomic mass is 15.2. The van der Waals surface area contributed by atoms with Gasteiger partial charge in [-0.1, -0.05) is 19.3 Å². The van der Waals surface area contributed by atoms with Gasteiger partial charge in [-0.3, -0.25) is 0 Å². The number of rotatable bonds is 3. The molecule has 1 aromatic rings. The zero-order valence-electron chi connectivity index (χ0n) is 10.9. The molecule has 4 heteroatoms. The van der Waals surface area contributed by atoms with Crippen LogP contribution < -0.4 is 10.6 Å². The van der Waals surface area contributed by atoms with E-state index >= 15 is 0 Å². The molecule has 18 heavy (non-hydrogen) atoms. The van der Waals surface area contributed by atoms with E-state index in [1.54, 1.807) is 12.3 Å². The predicted octanol–water partition coefficient (Wildman–Crippen LogP) is 2.55. The molecule has 1 fully saturated rings. The second kappa shape index (κ2) is 5.72. The molecule has 1 aromatic heterocycles. The number of nitrogens with zero attached hydrogens (tertiary/aromatic N) is 3. The Kier molecular flexibility index (Phi) is 4.03. The van der Waals surface area contributed by atoms with Crippen LogP contribution in [0.2, 0.25) is 0 Å². The van der Waals surface area contributed by atoms with Gasteiger partial charge in [-0.05, 0) is 24.8 Å². The van der Waals surface area contributed by atoms with E-state index in [0.717, 1.165) is 18.3 Å². The van der Waals surface area contributed by atoms with E-state index in [9.17, 15) is 0 Å². The van der Waals surface area contributed by atoms with Crippen LogP contribution in [0.15, 0.2) is 12.3 Å². The molecular weight excluding hydrogens is 224 g/mol. The first-order valence-electron chi connectivity index (χ1n) is 6.57. The van der Waals surface area contributed by atoms with Crippen LogP contribution in [0, 0.1) is 17.2 Å². The van der Waals surface area contributed by atoms with Crippen LogP contribution in [-0.4, -0.2) is 18.6 Å². The monoisotopic (exact) mass is 244 g/mol. The molecule has 2 rings (SSSR count). The molecule has 4 nitrogen and oxygen atoms in total. The third kappa shape index (κ3) is 2.92. The molecule has 1 aliphatic carbocycles. The molecule has 0 bridgehead atoms. The fraction of sp³-hybridized carbons (Fsp3) is 0.571. The van der Waals surface area contributed by atoms with E-state index in [2.05, 4.69) is 16.0 Å². The third-order valence-electron chi connectivity index (χ3n) is 3.63. The van der Waals surface area contributed by atoms with Crippen molar-refractivity contribution in [2.75, 3.05) is 24.2 Å². The highest BCUT2D eigenvalue weighted by Gasteiger charge is 2.17. The molecule has 0 spiro atoms. The summed E-state index contributed by atoms with van der Waals surface area (Å²) in [5, 5.41) is 9.13. The minimum Gasteiger partial charge on any atom is -0.397 e. The topological polar surface area (TPSA) is 65.9 Å². The number of anilines is 2. The van der Waals surface area contributed by atoms with Gasteiger partial charge in [0.1, 0.15) is 11.9 Å². The minimum absolute atomic E-state index is 0.543. The van der Waals surface area contributed by atoms with Crippen molar-refractivity contribution in [1.29, 1.82) is 5.26 Å². The molecule has 0 atom stereocenters. The van der Waals surface area contributed by atoms with Gasteiger partial charge in [-0.15, -0.1) is 0 Å². The summed E-state index contributed by atoms with van der Waals surface area (Å²) in [6.45, 7) is 0.978. The van der Waals surface area contributed by atoms with Gasteiger partial charge in [0.2, 0.25) is 0 Å². The summed E-state index contributed by atoms with van der Waals surface area (Å²) >= 11 is 0. The highest BCUT2D eigenvalue weighted by molar-refractivity contribution is 5.58. The number of nitriles is 1. The molecule has 1 heterocycles. The summed E-state index contributed by atoms with van der Waals surface area (Å²) in [6.07, 6.45) is 8.23. The number of aromatic nitrogens is 1. The minimum atomic E-state index is 0.543. The Morgan fingerprint density at radius 1 is 1.44 bits per heavy atom. The maximum atomic E-state index is 9.13. The SMILES string of the molecule is CN(CC1CCCCC1)c1ncc(N)cc1C#N. The molecule has 2 N–H and O–H groups in total. The van der Waals surface area contributed by atoms with E-state index in [0.29, 0.717) is 11.3 Å². The summed E-state index contributed by atoms with van der Waals surface area (Å²) < 4.78 is 0. The first kappa shape index (κ1) is 12.7. The lowest BCUT2D eigenvalue weighted by Crippen LogP contribution is -2.28. The normalized spacial score (nSPS) is 16.2. The van der Waals surface area contributed by atoms with Gasteiger partial charge < -0.3 is 10.6 Å². The van der Waals surface area contributed by atoms with E-state index in [1.807, 2.05) is 7.05 Å². The Labute approximate surface area is 108 Å². The van der Waals surface area contributed by atoms with Crippen LogP contribution in [-0.2, 0) is 0 Å². The molecule has 1 saturated carbocycles. The van der Waals surface area contributed by atoms with Crippen molar-refractivity contribution in [3.63, 3.8) is 0 Å². The molecule has 0 aliphatic heterocycles. The summed E-state index contributed by atoms with van der Waals surface area (Å²) in [5.41, 5.74) is 6.76. The quantitative estimate of drug-likeness (QED) is 0.887. The first-order valence-corrected chi connectivity index (χ1v) is 6.57. The van der Waals surface area contributed by atoms with Crippen LogP contribution in [0.25, 0.3) is 0 Å². The molecule has 0 saturated heterocycles. The average Bonchev–Trinajstić information content (AvgIpc) is 2.39. The lowest BCUT2D eigenvalue weighted by Gasteiger charge is -2.28. The molecule has 0 amide bonds. The first-order chi connectivity index (χ1) is 8.70. The van der Waals surface area contributed by atoms with Gasteiger partial charge in [-0.2, -0.15) is 5.26 Å². The summed E-state index contributed by atoms with van der Waals surface area (Å²) in [4.78, 5) is 6.38. The van der Waals surface area contributed by atoms with E-state index < -0.39 is 0 Å². The summed E-state index contributed by atoms with van der Waals surface area (Å²) in [6, 6.07) is 3.86. The predicted molar refractivity (Wildman–Crippen MR) is 73.2 cm³/mol. The molecule has 0 radical (unpaired) electrons. The Morgan fingerprint density at radius 2 is 2.17 bits per heavy atom. The highest BCUT2D eigenvalue weighted by Crippen LogP contribution is 2.26.